The highest BCUT2D eigenvalue weighted by Crippen LogP contribution is 2.29. The minimum Gasteiger partial charge on any atom is -0.310 e. The smallest absolute Gasteiger partial charge is 0.265 e. The van der Waals surface area contributed by atoms with E-state index in [1.54, 1.807) is 42.2 Å². The molecule has 8 heteroatoms. The summed E-state index contributed by atoms with van der Waals surface area (Å²) in [5.74, 6) is 0. The number of nitrogens with zero attached hydrogens (tertiary/aromatic N) is 4. The summed E-state index contributed by atoms with van der Waals surface area (Å²) in [5, 5.41) is 8.58. The number of aromatic nitrogens is 4. The maximum absolute atomic E-state index is 12.1. The van der Waals surface area contributed by atoms with Crippen LogP contribution in [0.1, 0.15) is 0 Å². The highest BCUT2D eigenvalue weighted by molar-refractivity contribution is 9.10. The van der Waals surface area contributed by atoms with Gasteiger partial charge in [-0.2, -0.15) is 0 Å². The number of benzene rings is 1. The third-order valence-corrected chi connectivity index (χ3v) is 4.22. The van der Waals surface area contributed by atoms with Gasteiger partial charge in [0, 0.05) is 17.6 Å². The van der Waals surface area contributed by atoms with Crippen molar-refractivity contribution in [1.82, 2.24) is 19.6 Å². The van der Waals surface area contributed by atoms with Gasteiger partial charge in [-0.1, -0.05) is 28.4 Å². The minimum atomic E-state index is -0.139. The molecule has 0 unspecified atom stereocenters. The Kier molecular flexibility index (Phi) is 4.08. The summed E-state index contributed by atoms with van der Waals surface area (Å²) in [7, 11) is 1.70. The summed E-state index contributed by atoms with van der Waals surface area (Å²) in [4.78, 5) is 12.1. The van der Waals surface area contributed by atoms with E-state index in [1.807, 2.05) is 6.07 Å². The molecule has 3 aromatic rings. The van der Waals surface area contributed by atoms with Crippen LogP contribution in [0.2, 0.25) is 10.2 Å². The normalized spacial score (nSPS) is 10.9. The molecule has 0 atom stereocenters. The van der Waals surface area contributed by atoms with Crippen molar-refractivity contribution in [2.75, 3.05) is 0 Å². The molecule has 22 heavy (non-hydrogen) atoms. The van der Waals surface area contributed by atoms with E-state index < -0.39 is 0 Å². The number of hydrogen-bond donors (Lipinski definition) is 0. The molecule has 5 nitrogen and oxygen atoms in total. The fraction of sp³-hybridized carbons (Fsp3) is 0.0714. The van der Waals surface area contributed by atoms with Crippen LogP contribution >= 0.6 is 39.1 Å². The third-order valence-electron chi connectivity index (χ3n) is 3.20. The van der Waals surface area contributed by atoms with E-state index in [0.717, 1.165) is 11.3 Å². The molecule has 0 N–H and O–H groups in total. The molecule has 3 rings (SSSR count). The fourth-order valence-electron chi connectivity index (χ4n) is 2.15. The zero-order valence-corrected chi connectivity index (χ0v) is 14.4. The second kappa shape index (κ2) is 5.87. The Labute approximate surface area is 144 Å². The predicted octanol–water partition coefficient (Wildman–Crippen LogP) is 3.70. The van der Waals surface area contributed by atoms with E-state index in [2.05, 4.69) is 26.2 Å². The minimum absolute atomic E-state index is 0.139. The van der Waals surface area contributed by atoms with E-state index in [-0.39, 0.29) is 10.7 Å². The highest BCUT2D eigenvalue weighted by Gasteiger charge is 2.13. The van der Waals surface area contributed by atoms with Crippen LogP contribution in [-0.2, 0) is 7.05 Å². The highest BCUT2D eigenvalue weighted by atomic mass is 79.9. The number of hydrogen-bond acceptors (Lipinski definition) is 3. The summed E-state index contributed by atoms with van der Waals surface area (Å²) in [6.45, 7) is 0. The summed E-state index contributed by atoms with van der Waals surface area (Å²) < 4.78 is 3.57. The van der Waals surface area contributed by atoms with Gasteiger partial charge in [0.25, 0.3) is 5.56 Å². The van der Waals surface area contributed by atoms with Crippen LogP contribution in [-0.4, -0.2) is 19.6 Å². The average Bonchev–Trinajstić information content (AvgIpc) is 2.91. The lowest BCUT2D eigenvalue weighted by atomic mass is 10.1. The molecule has 0 radical (unpaired) electrons. The lowest BCUT2D eigenvalue weighted by Gasteiger charge is -2.13. The van der Waals surface area contributed by atoms with Gasteiger partial charge in [0.15, 0.2) is 5.15 Å². The van der Waals surface area contributed by atoms with Gasteiger partial charge >= 0.3 is 0 Å². The molecule has 2 heterocycles. The molecule has 2 aromatic heterocycles. The summed E-state index contributed by atoms with van der Waals surface area (Å²) >= 11 is 15.2. The molecule has 0 saturated heterocycles. The van der Waals surface area contributed by atoms with Gasteiger partial charge in [-0.15, -0.1) is 5.10 Å². The van der Waals surface area contributed by atoms with Crippen molar-refractivity contribution in [2.45, 2.75) is 0 Å². The molecule has 0 aliphatic rings. The zero-order valence-electron chi connectivity index (χ0n) is 11.3. The molecule has 0 fully saturated rings. The molecule has 0 spiro atoms. The van der Waals surface area contributed by atoms with Crippen molar-refractivity contribution >= 4 is 39.1 Å². The Morgan fingerprint density at radius 2 is 1.95 bits per heavy atom. The summed E-state index contributed by atoms with van der Waals surface area (Å²) in [6, 6.07) is 8.85. The van der Waals surface area contributed by atoms with Gasteiger partial charge < -0.3 is 4.57 Å². The van der Waals surface area contributed by atoms with E-state index in [4.69, 9.17) is 23.2 Å². The van der Waals surface area contributed by atoms with Crippen LogP contribution in [0.15, 0.2) is 45.8 Å². The first-order valence-electron chi connectivity index (χ1n) is 6.21. The maximum Gasteiger partial charge on any atom is 0.265 e. The Morgan fingerprint density at radius 3 is 2.64 bits per heavy atom. The van der Waals surface area contributed by atoms with E-state index in [0.29, 0.717) is 15.2 Å². The van der Waals surface area contributed by atoms with E-state index in [1.165, 1.54) is 4.57 Å². The lowest BCUT2D eigenvalue weighted by Crippen LogP contribution is -2.19. The van der Waals surface area contributed by atoms with Gasteiger partial charge in [0.1, 0.15) is 0 Å². The number of rotatable bonds is 2. The van der Waals surface area contributed by atoms with Crippen molar-refractivity contribution in [2.24, 2.45) is 7.05 Å². The van der Waals surface area contributed by atoms with Crippen molar-refractivity contribution in [3.8, 4) is 16.9 Å². The first-order chi connectivity index (χ1) is 10.5. The van der Waals surface area contributed by atoms with Crippen LogP contribution in [0.5, 0.6) is 0 Å². The molecular weight excluding hydrogens is 391 g/mol. The van der Waals surface area contributed by atoms with Crippen LogP contribution < -0.4 is 5.56 Å². The predicted molar refractivity (Wildman–Crippen MR) is 89.8 cm³/mol. The topological polar surface area (TPSA) is 52.7 Å². The van der Waals surface area contributed by atoms with Gasteiger partial charge in [-0.25, -0.2) is 4.68 Å². The van der Waals surface area contributed by atoms with E-state index in [9.17, 15) is 4.79 Å². The largest absolute Gasteiger partial charge is 0.310 e. The molecular formula is C14H9BrCl2N4O. The van der Waals surface area contributed by atoms with Gasteiger partial charge in [0.2, 0.25) is 0 Å². The van der Waals surface area contributed by atoms with Gasteiger partial charge in [-0.05, 0) is 46.3 Å². The molecule has 1 aromatic carbocycles. The van der Waals surface area contributed by atoms with Crippen LogP contribution in [0, 0.1) is 0 Å². The third kappa shape index (κ3) is 2.69. The number of halogens is 3. The monoisotopic (exact) mass is 398 g/mol. The quantitative estimate of drug-likeness (QED) is 0.660. The van der Waals surface area contributed by atoms with Crippen molar-refractivity contribution < 1.29 is 0 Å². The molecule has 0 saturated carbocycles. The zero-order chi connectivity index (χ0) is 15.9. The molecule has 0 amide bonds. The summed E-state index contributed by atoms with van der Waals surface area (Å²) in [6.07, 6.45) is 1.59. The van der Waals surface area contributed by atoms with Crippen LogP contribution in [0.25, 0.3) is 16.9 Å². The molecule has 112 valence electrons. The standard InChI is InChI=1S/C14H9BrCl2N4O/c1-20-11(5-3-10(15)14(20)22)9-6-8(16)2-4-12(9)21-7-13(17)18-19-21/h2-7H,1H3. The summed E-state index contributed by atoms with van der Waals surface area (Å²) in [5.41, 5.74) is 2.04. The Morgan fingerprint density at radius 1 is 1.18 bits per heavy atom. The van der Waals surface area contributed by atoms with Gasteiger partial charge in [-0.3, -0.25) is 4.79 Å². The van der Waals surface area contributed by atoms with Crippen LogP contribution in [0.3, 0.4) is 0 Å². The molecule has 0 bridgehead atoms. The fourth-order valence-corrected chi connectivity index (χ4v) is 2.85. The molecule has 0 aliphatic carbocycles. The maximum atomic E-state index is 12.1. The van der Waals surface area contributed by atoms with Crippen LogP contribution in [0.4, 0.5) is 0 Å². The Balaban J connectivity index is 2.29. The Hall–Kier alpha value is -1.63. The first-order valence-corrected chi connectivity index (χ1v) is 7.76. The van der Waals surface area contributed by atoms with Gasteiger partial charge in [0.05, 0.1) is 22.1 Å². The first kappa shape index (κ1) is 15.3. The van der Waals surface area contributed by atoms with Crippen molar-refractivity contribution in [1.29, 1.82) is 0 Å². The number of pyridine rings is 1. The van der Waals surface area contributed by atoms with Crippen molar-refractivity contribution in [3.05, 3.63) is 61.5 Å². The van der Waals surface area contributed by atoms with E-state index >= 15 is 0 Å². The van der Waals surface area contributed by atoms with Crippen molar-refractivity contribution in [3.63, 3.8) is 0 Å². The Bertz CT molecular complexity index is 919. The second-order valence-electron chi connectivity index (χ2n) is 4.58. The SMILES string of the molecule is Cn1c(-c2cc(Cl)ccc2-n2cc(Cl)nn2)ccc(Br)c1=O. The lowest BCUT2D eigenvalue weighted by molar-refractivity contribution is 0.800. The molecule has 0 aliphatic heterocycles. The average molecular weight is 400 g/mol. The second-order valence-corrected chi connectivity index (χ2v) is 6.26.